The molecule has 0 atom stereocenters. The number of nitrogens with one attached hydrogen (secondary N) is 3. The van der Waals surface area contributed by atoms with Gasteiger partial charge in [-0.1, -0.05) is 30.7 Å². The van der Waals surface area contributed by atoms with E-state index in [1.54, 1.807) is 14.1 Å². The number of rotatable bonds is 7. The summed E-state index contributed by atoms with van der Waals surface area (Å²) in [6.45, 7) is 8.52. The molecule has 1 aliphatic heterocycles. The maximum absolute atomic E-state index is 11.9. The Morgan fingerprint density at radius 3 is 2.25 bits per heavy atom. The fraction of sp³-hybridized carbons (Fsp3) is 0.619. The lowest BCUT2D eigenvalue weighted by Crippen LogP contribution is -2.47. The number of benzene rings is 1. The highest BCUT2D eigenvalue weighted by Crippen LogP contribution is 2.14. The highest BCUT2D eigenvalue weighted by molar-refractivity contribution is 14.0. The number of nitrogens with zero attached hydrogens (tertiary/aromatic N) is 2. The molecule has 0 aliphatic carbocycles. The molecule has 1 fully saturated rings. The first kappa shape index (κ1) is 24.7. The third-order valence-corrected chi connectivity index (χ3v) is 5.10. The minimum atomic E-state index is -0.498. The maximum Gasteiger partial charge on any atom is 0.227 e. The van der Waals surface area contributed by atoms with E-state index in [0.717, 1.165) is 6.54 Å². The van der Waals surface area contributed by atoms with E-state index in [4.69, 9.17) is 0 Å². The van der Waals surface area contributed by atoms with Crippen molar-refractivity contribution >= 4 is 35.8 Å². The van der Waals surface area contributed by atoms with Gasteiger partial charge >= 0.3 is 0 Å². The van der Waals surface area contributed by atoms with Crippen LogP contribution in [0.3, 0.4) is 0 Å². The Balaban J connectivity index is 0.00000392. The van der Waals surface area contributed by atoms with Crippen LogP contribution in [-0.4, -0.2) is 50.5 Å². The second-order valence-electron chi connectivity index (χ2n) is 7.90. The molecule has 0 radical (unpaired) electrons. The highest BCUT2D eigenvalue weighted by atomic mass is 127. The van der Waals surface area contributed by atoms with Gasteiger partial charge in [0.05, 0.1) is 5.41 Å². The van der Waals surface area contributed by atoms with Crippen molar-refractivity contribution in [2.45, 2.75) is 46.2 Å². The van der Waals surface area contributed by atoms with Crippen molar-refractivity contribution in [3.05, 3.63) is 35.4 Å². The molecule has 0 bridgehead atoms. The van der Waals surface area contributed by atoms with Crippen molar-refractivity contribution in [1.82, 2.24) is 20.9 Å². The van der Waals surface area contributed by atoms with E-state index in [1.807, 2.05) is 13.8 Å². The lowest BCUT2D eigenvalue weighted by molar-refractivity contribution is -0.128. The van der Waals surface area contributed by atoms with E-state index in [2.05, 4.69) is 50.1 Å². The topological polar surface area (TPSA) is 68.8 Å². The number of halogens is 1. The van der Waals surface area contributed by atoms with Gasteiger partial charge < -0.3 is 16.0 Å². The predicted molar refractivity (Wildman–Crippen MR) is 127 cm³/mol. The van der Waals surface area contributed by atoms with Crippen LogP contribution in [0.4, 0.5) is 0 Å². The zero-order valence-electron chi connectivity index (χ0n) is 17.7. The first-order chi connectivity index (χ1) is 12.9. The molecule has 3 N–H and O–H groups in total. The first-order valence-corrected chi connectivity index (χ1v) is 9.91. The molecule has 1 aromatic rings. The molecule has 1 amide bonds. The summed E-state index contributed by atoms with van der Waals surface area (Å²) < 4.78 is 0. The molecule has 28 heavy (non-hydrogen) atoms. The molecule has 6 nitrogen and oxygen atoms in total. The summed E-state index contributed by atoms with van der Waals surface area (Å²) in [6.07, 6.45) is 4.02. The van der Waals surface area contributed by atoms with Crippen LogP contribution in [0, 0.1) is 5.41 Å². The van der Waals surface area contributed by atoms with Crippen LogP contribution in [0.5, 0.6) is 0 Å². The van der Waals surface area contributed by atoms with Crippen LogP contribution in [0.25, 0.3) is 0 Å². The van der Waals surface area contributed by atoms with E-state index in [-0.39, 0.29) is 29.9 Å². The molecule has 0 saturated carbocycles. The second kappa shape index (κ2) is 12.3. The van der Waals surface area contributed by atoms with Gasteiger partial charge in [-0.05, 0) is 50.9 Å². The van der Waals surface area contributed by atoms with Crippen LogP contribution in [0.1, 0.15) is 44.2 Å². The quantitative estimate of drug-likeness (QED) is 0.306. The van der Waals surface area contributed by atoms with E-state index in [0.29, 0.717) is 19.0 Å². The van der Waals surface area contributed by atoms with Crippen LogP contribution < -0.4 is 16.0 Å². The fourth-order valence-corrected chi connectivity index (χ4v) is 3.27. The third kappa shape index (κ3) is 7.95. The average molecular weight is 501 g/mol. The number of likely N-dealkylation sites (tertiary alicyclic amines) is 1. The van der Waals surface area contributed by atoms with Gasteiger partial charge in [-0.2, -0.15) is 0 Å². The summed E-state index contributed by atoms with van der Waals surface area (Å²) in [7, 11) is 3.40. The zero-order valence-corrected chi connectivity index (χ0v) is 20.0. The zero-order chi connectivity index (χ0) is 19.7. The summed E-state index contributed by atoms with van der Waals surface area (Å²) in [6, 6.07) is 8.79. The lowest BCUT2D eigenvalue weighted by Gasteiger charge is -2.26. The molecule has 1 aliphatic rings. The molecule has 0 aromatic heterocycles. The lowest BCUT2D eigenvalue weighted by atomic mass is 9.92. The van der Waals surface area contributed by atoms with Gasteiger partial charge in [0.15, 0.2) is 5.96 Å². The molecule has 1 aromatic carbocycles. The second-order valence-corrected chi connectivity index (χ2v) is 7.90. The van der Waals surface area contributed by atoms with Gasteiger partial charge in [-0.25, -0.2) is 0 Å². The minimum Gasteiger partial charge on any atom is -0.359 e. The van der Waals surface area contributed by atoms with Crippen LogP contribution in [0.2, 0.25) is 0 Å². The molecule has 7 heteroatoms. The minimum absolute atomic E-state index is 0. The normalized spacial score (nSPS) is 15.5. The number of aliphatic imine (C=N–C) groups is 1. The number of amides is 1. The summed E-state index contributed by atoms with van der Waals surface area (Å²) in [4.78, 5) is 18.7. The van der Waals surface area contributed by atoms with Crippen molar-refractivity contribution in [1.29, 1.82) is 0 Å². The summed E-state index contributed by atoms with van der Waals surface area (Å²) in [5, 5.41) is 9.24. The summed E-state index contributed by atoms with van der Waals surface area (Å²) in [5.74, 6) is 0.708. The fourth-order valence-electron chi connectivity index (χ4n) is 3.27. The molecule has 158 valence electrons. The van der Waals surface area contributed by atoms with Crippen molar-refractivity contribution < 1.29 is 4.79 Å². The summed E-state index contributed by atoms with van der Waals surface area (Å²) in [5.41, 5.74) is 2.09. The average Bonchev–Trinajstić information content (AvgIpc) is 2.69. The van der Waals surface area contributed by atoms with E-state index < -0.39 is 5.41 Å². The Labute approximate surface area is 187 Å². The van der Waals surface area contributed by atoms with Crippen LogP contribution in [0.15, 0.2) is 29.3 Å². The van der Waals surface area contributed by atoms with Gasteiger partial charge in [0.2, 0.25) is 5.91 Å². The SMILES string of the molecule is CN=C(NCc1ccc(CN2CCCCC2)cc1)NCC(C)(C)C(=O)NC.I. The molecule has 0 unspecified atom stereocenters. The van der Waals surface area contributed by atoms with E-state index in [9.17, 15) is 4.79 Å². The molecular weight excluding hydrogens is 465 g/mol. The molecule has 0 spiro atoms. The van der Waals surface area contributed by atoms with Crippen molar-refractivity contribution in [3.63, 3.8) is 0 Å². The van der Waals surface area contributed by atoms with Gasteiger partial charge in [0, 0.05) is 33.7 Å². The number of hydrogen-bond acceptors (Lipinski definition) is 3. The van der Waals surface area contributed by atoms with E-state index >= 15 is 0 Å². The largest absolute Gasteiger partial charge is 0.359 e. The van der Waals surface area contributed by atoms with Crippen molar-refractivity contribution in [2.75, 3.05) is 33.7 Å². The standard InChI is InChI=1S/C21H35N5O.HI/c1-21(2,19(27)22-3)16-25-20(23-4)24-14-17-8-10-18(11-9-17)15-26-12-6-5-7-13-26;/h8-11H,5-7,12-16H2,1-4H3,(H,22,27)(H2,23,24,25);1H. The number of piperidine rings is 1. The Morgan fingerprint density at radius 1 is 1.07 bits per heavy atom. The highest BCUT2D eigenvalue weighted by Gasteiger charge is 2.26. The Bertz CT molecular complexity index is 624. The number of hydrogen-bond donors (Lipinski definition) is 3. The van der Waals surface area contributed by atoms with Crippen molar-refractivity contribution in [3.8, 4) is 0 Å². The molecule has 2 rings (SSSR count). The van der Waals surface area contributed by atoms with Gasteiger partial charge in [-0.15, -0.1) is 24.0 Å². The number of carbonyl (C=O) groups excluding carboxylic acids is 1. The van der Waals surface area contributed by atoms with Crippen molar-refractivity contribution in [2.24, 2.45) is 10.4 Å². The van der Waals surface area contributed by atoms with E-state index in [1.165, 1.54) is 43.5 Å². The molecule has 1 saturated heterocycles. The molecular formula is C21H36IN5O. The Kier molecular flexibility index (Phi) is 10.8. The number of carbonyl (C=O) groups is 1. The van der Waals surface area contributed by atoms with Gasteiger partial charge in [0.25, 0.3) is 0 Å². The number of guanidine groups is 1. The van der Waals surface area contributed by atoms with Gasteiger partial charge in [0.1, 0.15) is 0 Å². The van der Waals surface area contributed by atoms with Crippen LogP contribution >= 0.6 is 24.0 Å². The molecule has 1 heterocycles. The monoisotopic (exact) mass is 501 g/mol. The summed E-state index contributed by atoms with van der Waals surface area (Å²) >= 11 is 0. The van der Waals surface area contributed by atoms with Gasteiger partial charge in [-0.3, -0.25) is 14.7 Å². The first-order valence-electron chi connectivity index (χ1n) is 9.91. The Morgan fingerprint density at radius 2 is 1.68 bits per heavy atom. The predicted octanol–water partition coefficient (Wildman–Crippen LogP) is 2.73. The third-order valence-electron chi connectivity index (χ3n) is 5.10. The Hall–Kier alpha value is -1.35. The smallest absolute Gasteiger partial charge is 0.227 e. The maximum atomic E-state index is 11.9. The van der Waals surface area contributed by atoms with Crippen LogP contribution in [-0.2, 0) is 17.9 Å².